The van der Waals surface area contributed by atoms with Crippen molar-refractivity contribution in [1.29, 1.82) is 0 Å². The summed E-state index contributed by atoms with van der Waals surface area (Å²) in [7, 11) is 0. The van der Waals surface area contributed by atoms with E-state index in [-0.39, 0.29) is 17.9 Å². The van der Waals surface area contributed by atoms with Gasteiger partial charge in [0, 0.05) is 11.9 Å². The Morgan fingerprint density at radius 1 is 0.971 bits per heavy atom. The monoisotopic (exact) mass is 488 g/mol. The Balaban J connectivity index is 1.81. The van der Waals surface area contributed by atoms with Gasteiger partial charge in [-0.1, -0.05) is 38.8 Å². The zero-order valence-electron chi connectivity index (χ0n) is 20.2. The van der Waals surface area contributed by atoms with Crippen LogP contribution in [0.15, 0.2) is 54.7 Å². The van der Waals surface area contributed by atoms with E-state index in [2.05, 4.69) is 27.5 Å². The maximum Gasteiger partial charge on any atom is 0.421 e. The molecular formula is C26H31F3N4O2. The van der Waals surface area contributed by atoms with Gasteiger partial charge in [0.2, 0.25) is 5.95 Å². The van der Waals surface area contributed by atoms with E-state index in [1.54, 1.807) is 48.5 Å². The first-order valence-electron chi connectivity index (χ1n) is 11.8. The minimum atomic E-state index is -4.63. The molecule has 0 radical (unpaired) electrons. The summed E-state index contributed by atoms with van der Waals surface area (Å²) in [6.45, 7) is 6.58. The van der Waals surface area contributed by atoms with Gasteiger partial charge in [0.05, 0.1) is 18.4 Å². The Labute approximate surface area is 203 Å². The molecule has 1 heterocycles. The molecule has 188 valence electrons. The molecule has 0 aliphatic carbocycles. The normalized spacial score (nSPS) is 12.2. The fourth-order valence-electron chi connectivity index (χ4n) is 3.16. The number of aromatic nitrogens is 2. The molecule has 1 aromatic heterocycles. The number of halogens is 3. The van der Waals surface area contributed by atoms with E-state index in [0.29, 0.717) is 29.5 Å². The third-order valence-corrected chi connectivity index (χ3v) is 5.26. The minimum Gasteiger partial charge on any atom is -0.491 e. The Bertz CT molecular complexity index is 1070. The van der Waals surface area contributed by atoms with Gasteiger partial charge in [0.25, 0.3) is 0 Å². The van der Waals surface area contributed by atoms with Crippen LogP contribution in [0.2, 0.25) is 0 Å². The van der Waals surface area contributed by atoms with Crippen LogP contribution in [0.3, 0.4) is 0 Å². The lowest BCUT2D eigenvalue weighted by Crippen LogP contribution is -2.13. The summed E-state index contributed by atoms with van der Waals surface area (Å²) in [5.74, 6) is 0.826. The summed E-state index contributed by atoms with van der Waals surface area (Å²) in [6.07, 6.45) is 0.0142. The van der Waals surface area contributed by atoms with Gasteiger partial charge < -0.3 is 20.1 Å². The summed E-state index contributed by atoms with van der Waals surface area (Å²) in [5, 5.41) is 5.75. The highest BCUT2D eigenvalue weighted by atomic mass is 19.4. The largest absolute Gasteiger partial charge is 0.491 e. The van der Waals surface area contributed by atoms with Crippen molar-refractivity contribution < 1.29 is 22.6 Å². The van der Waals surface area contributed by atoms with Gasteiger partial charge in [-0.3, -0.25) is 0 Å². The van der Waals surface area contributed by atoms with Gasteiger partial charge in [-0.15, -0.1) is 0 Å². The van der Waals surface area contributed by atoms with E-state index >= 15 is 0 Å². The minimum absolute atomic E-state index is 0.0254. The molecular weight excluding hydrogens is 457 g/mol. The molecule has 0 amide bonds. The number of nitrogens with zero attached hydrogens (tertiary/aromatic N) is 2. The topological polar surface area (TPSA) is 68.3 Å². The van der Waals surface area contributed by atoms with Gasteiger partial charge in [0.1, 0.15) is 22.9 Å². The van der Waals surface area contributed by atoms with Gasteiger partial charge in [-0.25, -0.2) is 4.98 Å². The molecule has 0 saturated carbocycles. The van der Waals surface area contributed by atoms with Crippen molar-refractivity contribution in [2.75, 3.05) is 17.2 Å². The average Bonchev–Trinajstić information content (AvgIpc) is 2.83. The number of rotatable bonds is 12. The van der Waals surface area contributed by atoms with Crippen LogP contribution >= 0.6 is 0 Å². The van der Waals surface area contributed by atoms with Gasteiger partial charge >= 0.3 is 6.18 Å². The number of hydrogen-bond donors (Lipinski definition) is 2. The Hall–Kier alpha value is -3.49. The van der Waals surface area contributed by atoms with Crippen molar-refractivity contribution >= 4 is 23.1 Å². The summed E-state index contributed by atoms with van der Waals surface area (Å²) >= 11 is 0. The number of ether oxygens (including phenoxy) is 2. The number of anilines is 4. The maximum absolute atomic E-state index is 13.7. The highest BCUT2D eigenvalue weighted by Gasteiger charge is 2.35. The average molecular weight is 489 g/mol. The molecule has 0 aliphatic rings. The molecule has 3 aromatic rings. The molecule has 0 fully saturated rings. The molecule has 6 nitrogen and oxygen atoms in total. The Morgan fingerprint density at radius 2 is 1.71 bits per heavy atom. The highest BCUT2D eigenvalue weighted by molar-refractivity contribution is 5.67. The number of hydrogen-bond acceptors (Lipinski definition) is 6. The third kappa shape index (κ3) is 7.77. The van der Waals surface area contributed by atoms with E-state index in [1.807, 2.05) is 13.8 Å². The summed E-state index contributed by atoms with van der Waals surface area (Å²) in [4.78, 5) is 8.00. The van der Waals surface area contributed by atoms with Crippen LogP contribution in [0.25, 0.3) is 0 Å². The smallest absolute Gasteiger partial charge is 0.421 e. The fraction of sp³-hybridized carbons (Fsp3) is 0.385. The number of benzene rings is 2. The number of nitrogens with one attached hydrogen (secondary N) is 2. The quantitative estimate of drug-likeness (QED) is 0.254. The van der Waals surface area contributed by atoms with Crippen molar-refractivity contribution in [3.63, 3.8) is 0 Å². The first-order chi connectivity index (χ1) is 16.8. The van der Waals surface area contributed by atoms with Gasteiger partial charge in [-0.2, -0.15) is 18.2 Å². The molecule has 0 spiro atoms. The summed E-state index contributed by atoms with van der Waals surface area (Å²) in [6, 6.07) is 13.9. The summed E-state index contributed by atoms with van der Waals surface area (Å²) in [5.41, 5.74) is 0.0405. The standard InChI is InChI=1S/C26H31F3N4O2/c1-4-6-9-16-34-23-11-8-7-10-22(23)32-24-21(26(27,28)29)17-30-25(33-24)31-19-12-14-20(15-13-19)35-18(3)5-2/h7-8,10-15,17-18H,4-6,9,16H2,1-3H3,(H2,30,31,32,33). The van der Waals surface area contributed by atoms with Crippen molar-refractivity contribution in [3.8, 4) is 11.5 Å². The molecule has 9 heteroatoms. The second-order valence-corrected chi connectivity index (χ2v) is 8.12. The Morgan fingerprint density at radius 3 is 2.40 bits per heavy atom. The molecule has 35 heavy (non-hydrogen) atoms. The maximum atomic E-state index is 13.7. The van der Waals surface area contributed by atoms with Crippen molar-refractivity contribution in [2.45, 2.75) is 58.7 Å². The van der Waals surface area contributed by atoms with Gasteiger partial charge in [-0.05, 0) is 56.2 Å². The lowest BCUT2D eigenvalue weighted by atomic mass is 10.2. The molecule has 1 atom stereocenters. The van der Waals surface area contributed by atoms with Crippen LogP contribution in [0, 0.1) is 0 Å². The van der Waals surface area contributed by atoms with Crippen LogP contribution < -0.4 is 20.1 Å². The highest BCUT2D eigenvalue weighted by Crippen LogP contribution is 2.37. The molecule has 0 saturated heterocycles. The van der Waals surface area contributed by atoms with Crippen molar-refractivity contribution in [2.24, 2.45) is 0 Å². The van der Waals surface area contributed by atoms with E-state index in [1.165, 1.54) is 0 Å². The van der Waals surface area contributed by atoms with Crippen molar-refractivity contribution in [3.05, 3.63) is 60.3 Å². The first kappa shape index (κ1) is 26.1. The number of alkyl halides is 3. The molecule has 3 rings (SSSR count). The zero-order valence-corrected chi connectivity index (χ0v) is 20.2. The number of unbranched alkanes of at least 4 members (excludes halogenated alkanes) is 2. The summed E-state index contributed by atoms with van der Waals surface area (Å²) < 4.78 is 52.6. The van der Waals surface area contributed by atoms with E-state index in [4.69, 9.17) is 9.47 Å². The lowest BCUT2D eigenvalue weighted by molar-refractivity contribution is -0.137. The van der Waals surface area contributed by atoms with Crippen LogP contribution in [0.5, 0.6) is 11.5 Å². The lowest BCUT2D eigenvalue weighted by Gasteiger charge is -2.17. The third-order valence-electron chi connectivity index (χ3n) is 5.26. The number of para-hydroxylation sites is 2. The van der Waals surface area contributed by atoms with E-state index in [0.717, 1.165) is 31.9 Å². The SMILES string of the molecule is CCCCCOc1ccccc1Nc1nc(Nc2ccc(OC(C)CC)cc2)ncc1C(F)(F)F. The van der Waals surface area contributed by atoms with Crippen LogP contribution in [-0.4, -0.2) is 22.7 Å². The molecule has 2 aromatic carbocycles. The van der Waals surface area contributed by atoms with E-state index < -0.39 is 11.7 Å². The van der Waals surface area contributed by atoms with E-state index in [9.17, 15) is 13.2 Å². The van der Waals surface area contributed by atoms with Crippen molar-refractivity contribution in [1.82, 2.24) is 9.97 Å². The van der Waals surface area contributed by atoms with Crippen LogP contribution in [-0.2, 0) is 6.18 Å². The van der Waals surface area contributed by atoms with Crippen LogP contribution in [0.4, 0.5) is 36.3 Å². The first-order valence-corrected chi connectivity index (χ1v) is 11.8. The predicted molar refractivity (Wildman–Crippen MR) is 132 cm³/mol. The second-order valence-electron chi connectivity index (χ2n) is 8.12. The molecule has 1 unspecified atom stereocenters. The second kappa shape index (κ2) is 12.3. The molecule has 0 aliphatic heterocycles. The zero-order chi connectivity index (χ0) is 25.3. The Kier molecular flexibility index (Phi) is 9.17. The molecule has 0 bridgehead atoms. The van der Waals surface area contributed by atoms with Crippen LogP contribution in [0.1, 0.15) is 52.0 Å². The predicted octanol–water partition coefficient (Wildman–Crippen LogP) is 7.73. The molecule has 2 N–H and O–H groups in total. The fourth-order valence-corrected chi connectivity index (χ4v) is 3.16. The van der Waals surface area contributed by atoms with Gasteiger partial charge in [0.15, 0.2) is 0 Å².